The van der Waals surface area contributed by atoms with Gasteiger partial charge in [-0.3, -0.25) is 4.57 Å². The normalized spacial score (nSPS) is 12.0. The Morgan fingerprint density at radius 3 is 2.07 bits per heavy atom. The zero-order valence-corrected chi connectivity index (χ0v) is 18.3. The fourth-order valence-electron chi connectivity index (χ4n) is 2.47. The highest BCUT2D eigenvalue weighted by Gasteiger charge is 2.40. The summed E-state index contributed by atoms with van der Waals surface area (Å²) in [5, 5.41) is -0.150. The minimum Gasteiger partial charge on any atom is -0.462 e. The Bertz CT molecular complexity index is 758. The number of nitrogens with two attached hydrogens (primary N) is 1. The summed E-state index contributed by atoms with van der Waals surface area (Å²) < 4.78 is 35.4. The number of hydrogen-bond acceptors (Lipinski definition) is 8. The van der Waals surface area contributed by atoms with Crippen LogP contribution in [0.1, 0.15) is 57.6 Å². The van der Waals surface area contributed by atoms with Crippen LogP contribution < -0.4 is 16.5 Å². The number of carbonyl (C=O) groups is 2. The van der Waals surface area contributed by atoms with E-state index in [0.29, 0.717) is 0 Å². The van der Waals surface area contributed by atoms with Crippen LogP contribution in [0.2, 0.25) is 0 Å². The van der Waals surface area contributed by atoms with E-state index < -0.39 is 25.3 Å². The third-order valence-electron chi connectivity index (χ3n) is 3.37. The molecule has 1 aromatic heterocycles. The largest absolute Gasteiger partial charge is 0.462 e. The molecule has 11 heteroatoms. The van der Waals surface area contributed by atoms with Crippen LogP contribution in [0, 0.1) is 6.92 Å². The number of hydrogen-bond donors (Lipinski definition) is 2. The molecule has 0 bridgehead atoms. The number of nitrogens with one attached hydrogen (secondary N) is 1. The number of anilines is 1. The molecule has 0 aromatic carbocycles. The lowest BCUT2D eigenvalue weighted by Crippen LogP contribution is -2.33. The number of nitrogen functional groups attached to an aromatic ring is 1. The van der Waals surface area contributed by atoms with Gasteiger partial charge in [0, 0.05) is 0 Å². The molecule has 0 spiro atoms. The minimum atomic E-state index is -3.95. The molecule has 1 amide bonds. The van der Waals surface area contributed by atoms with E-state index >= 15 is 0 Å². The van der Waals surface area contributed by atoms with E-state index in [-0.39, 0.29) is 42.2 Å². The van der Waals surface area contributed by atoms with Crippen molar-refractivity contribution < 1.29 is 32.7 Å². The molecule has 0 aliphatic carbocycles. The van der Waals surface area contributed by atoms with Gasteiger partial charge in [0.15, 0.2) is 0 Å². The summed E-state index contributed by atoms with van der Waals surface area (Å²) in [5.41, 5.74) is 7.96. The highest BCUT2D eigenvalue weighted by Crippen LogP contribution is 2.50. The fraction of sp³-hybridized carbons (Fsp3) is 0.647. The van der Waals surface area contributed by atoms with Crippen molar-refractivity contribution in [1.29, 1.82) is 0 Å². The summed E-state index contributed by atoms with van der Waals surface area (Å²) in [7, 11) is -3.95. The summed E-state index contributed by atoms with van der Waals surface area (Å²) in [6.45, 7) is 11.7. The van der Waals surface area contributed by atoms with E-state index in [0.717, 1.165) is 4.68 Å². The molecule has 10 nitrogen and oxygen atoms in total. The maximum Gasteiger partial charge on any atom is 0.427 e. The number of nitrogens with zero attached hydrogens (tertiary/aromatic N) is 1. The summed E-state index contributed by atoms with van der Waals surface area (Å²) in [6, 6.07) is 0. The van der Waals surface area contributed by atoms with Crippen molar-refractivity contribution in [3.8, 4) is 0 Å². The molecule has 0 atom stereocenters. The summed E-state index contributed by atoms with van der Waals surface area (Å²) in [5.74, 6) is -0.928. The van der Waals surface area contributed by atoms with Crippen molar-refractivity contribution in [3.05, 3.63) is 11.3 Å². The van der Waals surface area contributed by atoms with Crippen molar-refractivity contribution in [2.24, 2.45) is 0 Å². The summed E-state index contributed by atoms with van der Waals surface area (Å²) in [4.78, 5) is 24.7. The molecule has 1 aromatic rings. The van der Waals surface area contributed by atoms with Gasteiger partial charge in [0.1, 0.15) is 22.3 Å². The van der Waals surface area contributed by atoms with E-state index in [1.807, 2.05) is 0 Å². The Labute approximate surface area is 165 Å². The first kappa shape index (κ1) is 24.0. The van der Waals surface area contributed by atoms with Crippen molar-refractivity contribution in [3.63, 3.8) is 0 Å². The van der Waals surface area contributed by atoms with Crippen LogP contribution in [-0.2, 0) is 23.1 Å². The van der Waals surface area contributed by atoms with Gasteiger partial charge >= 0.3 is 19.7 Å². The Balaban J connectivity index is 3.59. The maximum atomic E-state index is 13.4. The van der Waals surface area contributed by atoms with Gasteiger partial charge in [-0.25, -0.2) is 19.7 Å². The van der Waals surface area contributed by atoms with E-state index in [1.54, 1.807) is 41.5 Å². The first-order chi connectivity index (χ1) is 12.9. The van der Waals surface area contributed by atoms with Crippen LogP contribution in [0.5, 0.6) is 0 Å². The molecule has 1 rings (SSSR count). The third-order valence-corrected chi connectivity index (χ3v) is 5.57. The number of rotatable bonds is 8. The van der Waals surface area contributed by atoms with Gasteiger partial charge in [-0.1, -0.05) is 0 Å². The Morgan fingerprint density at radius 2 is 1.64 bits per heavy atom. The Hall–Kier alpha value is -2.03. The smallest absolute Gasteiger partial charge is 0.427 e. The third kappa shape index (κ3) is 5.50. The van der Waals surface area contributed by atoms with E-state index in [2.05, 4.69) is 5.43 Å². The van der Waals surface area contributed by atoms with Crippen molar-refractivity contribution in [1.82, 2.24) is 4.68 Å². The first-order valence-corrected chi connectivity index (χ1v) is 10.5. The molecule has 28 heavy (non-hydrogen) atoms. The van der Waals surface area contributed by atoms with Crippen LogP contribution in [-0.4, -0.2) is 42.2 Å². The lowest BCUT2D eigenvalue weighted by atomic mass is 10.2. The van der Waals surface area contributed by atoms with Crippen LogP contribution in [0.4, 0.5) is 10.6 Å². The van der Waals surface area contributed by atoms with E-state index in [1.165, 1.54) is 6.92 Å². The number of esters is 1. The van der Waals surface area contributed by atoms with Crippen LogP contribution in [0.15, 0.2) is 0 Å². The lowest BCUT2D eigenvalue weighted by Gasteiger charge is -2.21. The first-order valence-electron chi connectivity index (χ1n) is 8.99. The summed E-state index contributed by atoms with van der Waals surface area (Å²) in [6.07, 6.45) is -0.804. The summed E-state index contributed by atoms with van der Waals surface area (Å²) >= 11 is 0. The number of amides is 1. The van der Waals surface area contributed by atoms with Gasteiger partial charge < -0.3 is 24.3 Å². The molecule has 0 saturated carbocycles. The predicted octanol–water partition coefficient (Wildman–Crippen LogP) is 2.93. The molecule has 0 aliphatic rings. The van der Waals surface area contributed by atoms with Gasteiger partial charge in [-0.05, 0) is 48.5 Å². The second-order valence-electron chi connectivity index (χ2n) is 6.70. The van der Waals surface area contributed by atoms with Gasteiger partial charge in [0.05, 0.1) is 25.5 Å². The lowest BCUT2D eigenvalue weighted by molar-refractivity contribution is 0.0523. The molecule has 0 unspecified atom stereocenters. The molecule has 1 heterocycles. The van der Waals surface area contributed by atoms with E-state index in [9.17, 15) is 14.2 Å². The van der Waals surface area contributed by atoms with Crippen molar-refractivity contribution in [2.75, 3.05) is 31.0 Å². The van der Waals surface area contributed by atoms with Crippen molar-refractivity contribution >= 4 is 30.8 Å². The quantitative estimate of drug-likeness (QED) is 0.486. The molecule has 0 radical (unpaired) electrons. The Kier molecular flexibility index (Phi) is 8.10. The minimum absolute atomic E-state index is 0.0582. The van der Waals surface area contributed by atoms with Gasteiger partial charge in [-0.2, -0.15) is 0 Å². The molecular weight excluding hydrogens is 389 g/mol. The van der Waals surface area contributed by atoms with Gasteiger partial charge in [-0.15, -0.1) is 0 Å². The number of carbonyl (C=O) groups excluding carboxylic acids is 2. The van der Waals surface area contributed by atoms with Gasteiger partial charge in [0.2, 0.25) is 0 Å². The van der Waals surface area contributed by atoms with Crippen LogP contribution in [0.25, 0.3) is 0 Å². The highest BCUT2D eigenvalue weighted by molar-refractivity contribution is 7.62. The van der Waals surface area contributed by atoms with Gasteiger partial charge in [0.25, 0.3) is 0 Å². The zero-order chi connectivity index (χ0) is 21.7. The van der Waals surface area contributed by atoms with E-state index in [4.69, 9.17) is 24.3 Å². The monoisotopic (exact) mass is 419 g/mol. The average molecular weight is 419 g/mol. The van der Waals surface area contributed by atoms with Crippen LogP contribution in [0.3, 0.4) is 0 Å². The molecular formula is C17H30N3O7P. The molecule has 0 fully saturated rings. The highest BCUT2D eigenvalue weighted by atomic mass is 31.2. The SMILES string of the molecule is CCOC(=O)c1c(P(=O)(OCC)OCC)c(N)n(NC(=O)OC(C)(C)C)c1C. The topological polar surface area (TPSA) is 131 Å². The second-order valence-corrected chi connectivity index (χ2v) is 8.66. The standard InChI is InChI=1S/C17H30N3O7P/c1-8-24-15(21)12-11(4)20(19-16(22)27-17(5,6)7)14(18)13(12)28(23,25-9-2)26-10-3/h8-10,18H2,1-7H3,(H,19,22). The zero-order valence-electron chi connectivity index (χ0n) is 17.5. The van der Waals surface area contributed by atoms with Crippen molar-refractivity contribution in [2.45, 2.75) is 54.1 Å². The molecule has 3 N–H and O–H groups in total. The van der Waals surface area contributed by atoms with Crippen LogP contribution >= 0.6 is 7.60 Å². The molecule has 160 valence electrons. The number of aromatic nitrogens is 1. The maximum absolute atomic E-state index is 13.4. The number of ether oxygens (including phenoxy) is 2. The average Bonchev–Trinajstić information content (AvgIpc) is 2.79. The predicted molar refractivity (Wildman–Crippen MR) is 106 cm³/mol. The fourth-order valence-corrected chi connectivity index (χ4v) is 4.39. The molecule has 0 saturated heterocycles. The Morgan fingerprint density at radius 1 is 1.11 bits per heavy atom. The molecule has 0 aliphatic heterocycles. The second kappa shape index (κ2) is 9.45.